The highest BCUT2D eigenvalue weighted by Gasteiger charge is 2.34. The number of ether oxygens (including phenoxy) is 1. The van der Waals surface area contributed by atoms with Gasteiger partial charge in [0.2, 0.25) is 0 Å². The third kappa shape index (κ3) is 3.89. The molecule has 1 heterocycles. The molecular weight excluding hydrogens is 358 g/mol. The van der Waals surface area contributed by atoms with Crippen molar-refractivity contribution in [1.29, 1.82) is 0 Å². The van der Waals surface area contributed by atoms with E-state index in [1.165, 1.54) is 18.4 Å². The number of pyridine rings is 1. The Bertz CT molecular complexity index is 851. The van der Waals surface area contributed by atoms with E-state index in [0.717, 1.165) is 42.0 Å². The van der Waals surface area contributed by atoms with Gasteiger partial charge in [0.25, 0.3) is 0 Å². The first-order valence-corrected chi connectivity index (χ1v) is 10.1. The molecule has 0 aliphatic heterocycles. The van der Waals surface area contributed by atoms with Gasteiger partial charge in [-0.2, -0.15) is 0 Å². The lowest BCUT2D eigenvalue weighted by molar-refractivity contribution is 0.0877. The maximum absolute atomic E-state index is 13.2. The predicted molar refractivity (Wildman–Crippen MR) is 108 cm³/mol. The largest absolute Gasteiger partial charge is 0.497 e. The van der Waals surface area contributed by atoms with E-state index in [9.17, 15) is 4.79 Å². The minimum absolute atomic E-state index is 0.0603. The van der Waals surface area contributed by atoms with Crippen molar-refractivity contribution in [2.24, 2.45) is 5.92 Å². The van der Waals surface area contributed by atoms with Gasteiger partial charge in [-0.3, -0.25) is 4.79 Å². The molecule has 1 aromatic heterocycles. The van der Waals surface area contributed by atoms with Gasteiger partial charge in [-0.25, -0.2) is 4.98 Å². The molecule has 0 spiro atoms. The average molecular weight is 383 g/mol. The van der Waals surface area contributed by atoms with Crippen molar-refractivity contribution in [3.8, 4) is 5.75 Å². The van der Waals surface area contributed by atoms with Gasteiger partial charge in [0.15, 0.2) is 5.78 Å². The molecule has 2 saturated carbocycles. The minimum atomic E-state index is 0.0603. The molecule has 0 saturated heterocycles. The van der Waals surface area contributed by atoms with E-state index < -0.39 is 0 Å². The molecule has 2 aliphatic carbocycles. The van der Waals surface area contributed by atoms with Gasteiger partial charge in [0.05, 0.1) is 7.11 Å². The second kappa shape index (κ2) is 7.63. The van der Waals surface area contributed by atoms with E-state index in [0.29, 0.717) is 23.2 Å². The lowest BCUT2D eigenvalue weighted by Gasteiger charge is -2.29. The summed E-state index contributed by atoms with van der Waals surface area (Å²) < 4.78 is 5.24. The zero-order valence-electron chi connectivity index (χ0n) is 15.7. The standard InChI is InChI=1S/C23H25ClNO2/c1-14-3-11-20(16-4-5-16)22(25-14)23(26)17-8-6-15(7-9-17)19-12-10-18(27-2)13-21(19)24/h3,10-13,15-17H,1,4-9H2,2H3. The van der Waals surface area contributed by atoms with Crippen molar-refractivity contribution in [3.63, 3.8) is 0 Å². The Morgan fingerprint density at radius 1 is 1.04 bits per heavy atom. The Kier molecular flexibility index (Phi) is 5.23. The summed E-state index contributed by atoms with van der Waals surface area (Å²) in [4.78, 5) is 17.7. The summed E-state index contributed by atoms with van der Waals surface area (Å²) in [7, 11) is 1.65. The fraction of sp³-hybridized carbons (Fsp3) is 0.435. The van der Waals surface area contributed by atoms with Crippen LogP contribution in [0.3, 0.4) is 0 Å². The molecule has 3 nitrogen and oxygen atoms in total. The molecule has 4 rings (SSSR count). The van der Waals surface area contributed by atoms with Crippen LogP contribution in [0.25, 0.3) is 0 Å². The molecule has 4 heteroatoms. The number of aromatic nitrogens is 1. The number of hydrogen-bond donors (Lipinski definition) is 0. The van der Waals surface area contributed by atoms with Crippen molar-refractivity contribution in [1.82, 2.24) is 4.98 Å². The highest BCUT2D eigenvalue weighted by Crippen LogP contribution is 2.44. The maximum Gasteiger partial charge on any atom is 0.184 e. The summed E-state index contributed by atoms with van der Waals surface area (Å²) in [6.45, 7) is 3.92. The number of ketones is 1. The van der Waals surface area contributed by atoms with Gasteiger partial charge >= 0.3 is 0 Å². The lowest BCUT2D eigenvalue weighted by atomic mass is 9.76. The van der Waals surface area contributed by atoms with E-state index in [1.807, 2.05) is 18.2 Å². The van der Waals surface area contributed by atoms with Crippen LogP contribution in [-0.2, 0) is 0 Å². The zero-order chi connectivity index (χ0) is 19.0. The third-order valence-corrected chi connectivity index (χ3v) is 6.31. The number of carbonyl (C=O) groups excluding carboxylic acids is 1. The van der Waals surface area contributed by atoms with E-state index in [-0.39, 0.29) is 11.7 Å². The molecule has 0 N–H and O–H groups in total. The monoisotopic (exact) mass is 382 g/mol. The first kappa shape index (κ1) is 18.5. The number of methoxy groups -OCH3 is 1. The summed E-state index contributed by atoms with van der Waals surface area (Å²) in [5.41, 5.74) is 3.66. The number of carbonyl (C=O) groups is 1. The number of hydrogen-bond acceptors (Lipinski definition) is 3. The van der Waals surface area contributed by atoms with Crippen LogP contribution < -0.4 is 4.74 Å². The predicted octanol–water partition coefficient (Wildman–Crippen LogP) is 5.96. The molecule has 1 aromatic carbocycles. The fourth-order valence-corrected chi connectivity index (χ4v) is 4.58. The normalized spacial score (nSPS) is 22.5. The Labute approximate surface area is 166 Å². The van der Waals surface area contributed by atoms with Crippen LogP contribution in [0.1, 0.15) is 77.7 Å². The van der Waals surface area contributed by atoms with Crippen molar-refractivity contribution in [2.45, 2.75) is 50.4 Å². The van der Waals surface area contributed by atoms with Crippen LogP contribution in [0.5, 0.6) is 5.75 Å². The van der Waals surface area contributed by atoms with E-state index in [2.05, 4.69) is 24.0 Å². The molecule has 0 amide bonds. The quantitative estimate of drug-likeness (QED) is 0.599. The fourth-order valence-electron chi connectivity index (χ4n) is 4.26. The number of rotatable bonds is 5. The van der Waals surface area contributed by atoms with Gasteiger partial charge in [0.1, 0.15) is 11.4 Å². The zero-order valence-corrected chi connectivity index (χ0v) is 16.5. The first-order chi connectivity index (χ1) is 13.1. The third-order valence-electron chi connectivity index (χ3n) is 5.98. The number of halogens is 1. The second-order valence-electron chi connectivity index (χ2n) is 7.81. The summed E-state index contributed by atoms with van der Waals surface area (Å²) in [6.07, 6.45) is 6.07. The van der Waals surface area contributed by atoms with Crippen LogP contribution in [0.4, 0.5) is 0 Å². The molecular formula is C23H25ClNO2. The smallest absolute Gasteiger partial charge is 0.184 e. The van der Waals surface area contributed by atoms with Gasteiger partial charge in [0, 0.05) is 16.6 Å². The van der Waals surface area contributed by atoms with Gasteiger partial charge in [-0.1, -0.05) is 23.7 Å². The Morgan fingerprint density at radius 2 is 1.67 bits per heavy atom. The second-order valence-corrected chi connectivity index (χ2v) is 8.22. The SMILES string of the molecule is [CH2]c1ccc(C2CC2)c(C(=O)C2CCC(c3ccc(OC)cc3Cl)CC2)n1. The molecule has 0 bridgehead atoms. The Morgan fingerprint density at radius 3 is 2.30 bits per heavy atom. The van der Waals surface area contributed by atoms with Crippen molar-refractivity contribution < 1.29 is 9.53 Å². The highest BCUT2D eigenvalue weighted by molar-refractivity contribution is 6.31. The minimum Gasteiger partial charge on any atom is -0.497 e. The van der Waals surface area contributed by atoms with Crippen LogP contribution in [0.2, 0.25) is 5.02 Å². The summed E-state index contributed by atoms with van der Waals surface area (Å²) in [6, 6.07) is 9.88. The van der Waals surface area contributed by atoms with Crippen LogP contribution >= 0.6 is 11.6 Å². The highest BCUT2D eigenvalue weighted by atomic mass is 35.5. The Hall–Kier alpha value is -1.87. The van der Waals surface area contributed by atoms with Crippen molar-refractivity contribution in [3.05, 3.63) is 64.8 Å². The summed E-state index contributed by atoms with van der Waals surface area (Å²) in [5.74, 6) is 1.97. The maximum atomic E-state index is 13.2. The molecule has 2 fully saturated rings. The molecule has 2 aromatic rings. The molecule has 141 valence electrons. The first-order valence-electron chi connectivity index (χ1n) is 9.77. The van der Waals surface area contributed by atoms with E-state index in [1.54, 1.807) is 7.11 Å². The van der Waals surface area contributed by atoms with Crippen LogP contribution in [0, 0.1) is 12.8 Å². The summed E-state index contributed by atoms with van der Waals surface area (Å²) >= 11 is 6.45. The lowest BCUT2D eigenvalue weighted by Crippen LogP contribution is -2.23. The topological polar surface area (TPSA) is 39.2 Å². The van der Waals surface area contributed by atoms with Crippen molar-refractivity contribution in [2.75, 3.05) is 7.11 Å². The number of Topliss-reactive ketones (excluding diaryl/α,β-unsaturated/α-hetero) is 1. The molecule has 0 unspecified atom stereocenters. The number of nitrogens with zero attached hydrogens (tertiary/aromatic N) is 1. The molecule has 1 radical (unpaired) electrons. The van der Waals surface area contributed by atoms with E-state index in [4.69, 9.17) is 16.3 Å². The molecule has 2 aliphatic rings. The number of benzene rings is 1. The van der Waals surface area contributed by atoms with E-state index >= 15 is 0 Å². The summed E-state index contributed by atoms with van der Waals surface area (Å²) in [5, 5.41) is 0.756. The van der Waals surface area contributed by atoms with Crippen molar-refractivity contribution >= 4 is 17.4 Å². The Balaban J connectivity index is 1.47. The van der Waals surface area contributed by atoms with Gasteiger partial charge in [-0.15, -0.1) is 0 Å². The molecule has 0 atom stereocenters. The van der Waals surface area contributed by atoms with Crippen LogP contribution in [-0.4, -0.2) is 17.9 Å². The molecule has 27 heavy (non-hydrogen) atoms. The average Bonchev–Trinajstić information content (AvgIpc) is 3.52. The van der Waals surface area contributed by atoms with Gasteiger partial charge < -0.3 is 4.74 Å². The van der Waals surface area contributed by atoms with Gasteiger partial charge in [-0.05, 0) is 86.6 Å². The van der Waals surface area contributed by atoms with Crippen LogP contribution in [0.15, 0.2) is 30.3 Å².